The number of hydrogen-bond acceptors (Lipinski definition) is 5. The van der Waals surface area contributed by atoms with Crippen LogP contribution in [0.25, 0.3) is 11.1 Å². The molecule has 1 fully saturated rings. The molecule has 2 heterocycles. The monoisotopic (exact) mass is 379 g/mol. The number of nitrogens with zero attached hydrogens (tertiary/aromatic N) is 3. The molecular formula is C18H22ClN3O4. The van der Waals surface area contributed by atoms with E-state index in [4.69, 9.17) is 20.9 Å². The van der Waals surface area contributed by atoms with Crippen LogP contribution >= 0.6 is 11.8 Å². The van der Waals surface area contributed by atoms with Crippen molar-refractivity contribution < 1.29 is 18.7 Å². The second-order valence-corrected chi connectivity index (χ2v) is 7.61. The Labute approximate surface area is 157 Å². The molecule has 0 radical (unpaired) electrons. The molecule has 0 spiro atoms. The minimum atomic E-state index is -0.703. The molecule has 2 aromatic rings. The third-order valence-electron chi connectivity index (χ3n) is 4.06. The van der Waals surface area contributed by atoms with Gasteiger partial charge in [-0.2, -0.15) is 9.40 Å². The maximum Gasteiger partial charge on any atom is 0.410 e. The standard InChI is InChI=1S/C18H22ClN3O4/c1-18(2,3)26-17(24)21-11-7-6-9-13(21)15(23)22(19)16-20-12-8-4-5-10-14(12)25-16/h4-5,8,10,13H,6-7,9,11H2,1-3H3. The number of anilines is 1. The quantitative estimate of drug-likeness (QED) is 0.734. The number of likely N-dealkylation sites (tertiary alicyclic amines) is 1. The molecule has 3 rings (SSSR count). The van der Waals surface area contributed by atoms with Crippen molar-refractivity contribution in [3.8, 4) is 0 Å². The summed E-state index contributed by atoms with van der Waals surface area (Å²) in [6.45, 7) is 5.82. The minimum Gasteiger partial charge on any atom is -0.444 e. The zero-order valence-electron chi connectivity index (χ0n) is 15.1. The Morgan fingerprint density at radius 2 is 2.04 bits per heavy atom. The van der Waals surface area contributed by atoms with Crippen molar-refractivity contribution >= 4 is 40.9 Å². The van der Waals surface area contributed by atoms with E-state index in [9.17, 15) is 9.59 Å². The van der Waals surface area contributed by atoms with E-state index in [1.165, 1.54) is 4.90 Å². The molecule has 0 saturated carbocycles. The number of rotatable bonds is 2. The van der Waals surface area contributed by atoms with Gasteiger partial charge in [0.15, 0.2) is 5.58 Å². The summed E-state index contributed by atoms with van der Waals surface area (Å²) < 4.78 is 11.8. The molecule has 1 aliphatic heterocycles. The summed E-state index contributed by atoms with van der Waals surface area (Å²) in [4.78, 5) is 31.0. The van der Waals surface area contributed by atoms with E-state index in [2.05, 4.69) is 4.98 Å². The third-order valence-corrected chi connectivity index (χ3v) is 4.37. The summed E-state index contributed by atoms with van der Waals surface area (Å²) in [5.74, 6) is -0.455. The van der Waals surface area contributed by atoms with Crippen LogP contribution in [0.2, 0.25) is 0 Å². The van der Waals surface area contributed by atoms with E-state index >= 15 is 0 Å². The first kappa shape index (κ1) is 18.5. The number of benzene rings is 1. The number of oxazole rings is 1. The summed E-state index contributed by atoms with van der Waals surface area (Å²) in [6.07, 6.45) is 1.64. The maximum atomic E-state index is 12.9. The number of ether oxygens (including phenoxy) is 1. The Morgan fingerprint density at radius 3 is 2.73 bits per heavy atom. The number of hydrogen-bond donors (Lipinski definition) is 0. The molecule has 1 aromatic carbocycles. The molecule has 1 unspecified atom stereocenters. The molecule has 140 valence electrons. The van der Waals surface area contributed by atoms with Crippen LogP contribution in [0.3, 0.4) is 0 Å². The molecule has 26 heavy (non-hydrogen) atoms. The SMILES string of the molecule is CC(C)(C)OC(=O)N1CCCCC1C(=O)N(Cl)c1nc2ccccc2o1. The van der Waals surface area contributed by atoms with Gasteiger partial charge < -0.3 is 9.15 Å². The molecule has 0 aliphatic carbocycles. The van der Waals surface area contributed by atoms with Crippen molar-refractivity contribution in [1.82, 2.24) is 9.88 Å². The highest BCUT2D eigenvalue weighted by molar-refractivity contribution is 6.36. The highest BCUT2D eigenvalue weighted by Gasteiger charge is 2.38. The van der Waals surface area contributed by atoms with Crippen molar-refractivity contribution in [2.45, 2.75) is 51.7 Å². The average Bonchev–Trinajstić information content (AvgIpc) is 3.03. The van der Waals surface area contributed by atoms with Gasteiger partial charge in [-0.15, -0.1) is 0 Å². The summed E-state index contributed by atoms with van der Waals surface area (Å²) >= 11 is 6.21. The van der Waals surface area contributed by atoms with Crippen molar-refractivity contribution in [3.05, 3.63) is 24.3 Å². The molecule has 7 nitrogen and oxygen atoms in total. The van der Waals surface area contributed by atoms with Crippen molar-refractivity contribution in [2.75, 3.05) is 11.0 Å². The fourth-order valence-corrected chi connectivity index (χ4v) is 3.08. The lowest BCUT2D eigenvalue weighted by Gasteiger charge is -2.36. The Balaban J connectivity index is 1.80. The van der Waals surface area contributed by atoms with E-state index in [0.29, 0.717) is 24.1 Å². The van der Waals surface area contributed by atoms with Crippen molar-refractivity contribution in [2.24, 2.45) is 0 Å². The first-order valence-electron chi connectivity index (χ1n) is 8.61. The number of carbonyl (C=O) groups is 2. The first-order valence-corrected chi connectivity index (χ1v) is 8.95. The van der Waals surface area contributed by atoms with E-state index in [-0.39, 0.29) is 6.01 Å². The van der Waals surface area contributed by atoms with E-state index in [0.717, 1.165) is 17.3 Å². The van der Waals surface area contributed by atoms with Gasteiger partial charge in [-0.3, -0.25) is 9.69 Å². The predicted molar refractivity (Wildman–Crippen MR) is 97.9 cm³/mol. The third kappa shape index (κ3) is 3.93. The van der Waals surface area contributed by atoms with E-state index in [1.807, 2.05) is 12.1 Å². The minimum absolute atomic E-state index is 0.00687. The molecule has 1 aromatic heterocycles. The second-order valence-electron chi connectivity index (χ2n) is 7.27. The molecule has 1 aliphatic rings. The highest BCUT2D eigenvalue weighted by atomic mass is 35.5. The number of para-hydroxylation sites is 2. The van der Waals surface area contributed by atoms with Gasteiger partial charge >= 0.3 is 12.1 Å². The van der Waals surface area contributed by atoms with Gasteiger partial charge in [-0.1, -0.05) is 12.1 Å². The fraction of sp³-hybridized carbons (Fsp3) is 0.500. The van der Waals surface area contributed by atoms with Gasteiger partial charge in [0.2, 0.25) is 0 Å². The lowest BCUT2D eigenvalue weighted by atomic mass is 10.0. The van der Waals surface area contributed by atoms with Crippen LogP contribution in [0.5, 0.6) is 0 Å². The van der Waals surface area contributed by atoms with Gasteiger partial charge in [0.05, 0.1) is 0 Å². The van der Waals surface area contributed by atoms with Gasteiger partial charge in [0.25, 0.3) is 5.91 Å². The smallest absolute Gasteiger partial charge is 0.410 e. The molecule has 1 atom stereocenters. The topological polar surface area (TPSA) is 75.9 Å². The number of aromatic nitrogens is 1. The van der Waals surface area contributed by atoms with Gasteiger partial charge in [0, 0.05) is 18.3 Å². The number of amides is 2. The van der Waals surface area contributed by atoms with Gasteiger partial charge in [-0.25, -0.2) is 4.79 Å². The summed E-state index contributed by atoms with van der Waals surface area (Å²) in [5.41, 5.74) is 0.505. The Kier molecular flexibility index (Phi) is 5.09. The zero-order chi connectivity index (χ0) is 18.9. The maximum absolute atomic E-state index is 12.9. The Bertz CT molecular complexity index is 781. The van der Waals surface area contributed by atoms with Gasteiger partial charge in [-0.05, 0) is 52.2 Å². The lowest BCUT2D eigenvalue weighted by molar-refractivity contribution is -0.124. The number of carbonyl (C=O) groups excluding carboxylic acids is 2. The molecule has 8 heteroatoms. The van der Waals surface area contributed by atoms with Crippen LogP contribution in [0.1, 0.15) is 40.0 Å². The predicted octanol–water partition coefficient (Wildman–Crippen LogP) is 4.10. The van der Waals surface area contributed by atoms with Crippen LogP contribution in [-0.2, 0) is 9.53 Å². The average molecular weight is 380 g/mol. The fourth-order valence-electron chi connectivity index (χ4n) is 2.90. The van der Waals surface area contributed by atoms with E-state index in [1.54, 1.807) is 32.9 Å². The molecule has 2 amide bonds. The lowest BCUT2D eigenvalue weighted by Crippen LogP contribution is -2.52. The summed E-state index contributed by atoms with van der Waals surface area (Å²) in [5, 5.41) is 0. The highest BCUT2D eigenvalue weighted by Crippen LogP contribution is 2.27. The van der Waals surface area contributed by atoms with Crippen molar-refractivity contribution in [1.29, 1.82) is 0 Å². The first-order chi connectivity index (χ1) is 12.3. The van der Waals surface area contributed by atoms with Crippen LogP contribution in [0.4, 0.5) is 10.8 Å². The number of halogens is 1. The molecule has 0 N–H and O–H groups in total. The molecule has 1 saturated heterocycles. The van der Waals surface area contributed by atoms with Crippen molar-refractivity contribution in [3.63, 3.8) is 0 Å². The van der Waals surface area contributed by atoms with Crippen LogP contribution < -0.4 is 4.42 Å². The normalized spacial score (nSPS) is 18.0. The summed E-state index contributed by atoms with van der Waals surface area (Å²) in [7, 11) is 0. The Hall–Kier alpha value is -2.28. The number of fused-ring (bicyclic) bond motifs is 1. The van der Waals surface area contributed by atoms with Crippen LogP contribution in [0, 0.1) is 0 Å². The Morgan fingerprint density at radius 1 is 1.31 bits per heavy atom. The number of piperidine rings is 1. The van der Waals surface area contributed by atoms with Crippen LogP contribution in [0.15, 0.2) is 28.7 Å². The van der Waals surface area contributed by atoms with Gasteiger partial charge in [0.1, 0.15) is 17.2 Å². The largest absolute Gasteiger partial charge is 0.444 e. The summed E-state index contributed by atoms with van der Waals surface area (Å²) in [6, 6.07) is 6.43. The molecule has 0 bridgehead atoms. The second kappa shape index (κ2) is 7.15. The molecular weight excluding hydrogens is 358 g/mol. The van der Waals surface area contributed by atoms with Crippen LogP contribution in [-0.4, -0.2) is 40.1 Å². The van der Waals surface area contributed by atoms with E-state index < -0.39 is 23.6 Å². The zero-order valence-corrected chi connectivity index (χ0v) is 15.8.